The summed E-state index contributed by atoms with van der Waals surface area (Å²) >= 11 is 4.51. The molecule has 0 fully saturated rings. The molecule has 1 amide bonds. The van der Waals surface area contributed by atoms with Crippen LogP contribution in [0.25, 0.3) is 11.1 Å². The van der Waals surface area contributed by atoms with Gasteiger partial charge in [0.2, 0.25) is 0 Å². The number of carbonyl (C=O) groups excluding carboxylic acids is 1. The lowest BCUT2D eigenvalue weighted by molar-refractivity contribution is 0.152. The highest BCUT2D eigenvalue weighted by Crippen LogP contribution is 2.44. The molecule has 0 atom stereocenters. The summed E-state index contributed by atoms with van der Waals surface area (Å²) in [7, 11) is 1.71. The van der Waals surface area contributed by atoms with E-state index in [1.165, 1.54) is 27.2 Å². The first-order chi connectivity index (χ1) is 14.0. The van der Waals surface area contributed by atoms with Crippen LogP contribution in [0.5, 0.6) is 0 Å². The second-order valence-electron chi connectivity index (χ2n) is 7.32. The summed E-state index contributed by atoms with van der Waals surface area (Å²) in [4.78, 5) is 15.1. The Hall–Kier alpha value is -2.76. The van der Waals surface area contributed by atoms with Gasteiger partial charge in [0.15, 0.2) is 0 Å². The van der Waals surface area contributed by atoms with Gasteiger partial charge in [-0.15, -0.1) is 12.6 Å². The summed E-state index contributed by atoms with van der Waals surface area (Å²) in [6.45, 7) is 2.66. The number of nitrogens with zero attached hydrogens (tertiary/aromatic N) is 1. The maximum Gasteiger partial charge on any atom is 0.414 e. The number of ether oxygens (including phenoxy) is 1. The van der Waals surface area contributed by atoms with Crippen LogP contribution in [-0.2, 0) is 11.3 Å². The van der Waals surface area contributed by atoms with E-state index >= 15 is 0 Å². The van der Waals surface area contributed by atoms with Gasteiger partial charge < -0.3 is 10.5 Å². The first-order valence-corrected chi connectivity index (χ1v) is 10.1. The highest BCUT2D eigenvalue weighted by atomic mass is 32.1. The van der Waals surface area contributed by atoms with Crippen molar-refractivity contribution in [2.75, 3.05) is 18.6 Å². The number of nitrogens with two attached hydrogens (primary N) is 1. The molecule has 148 valence electrons. The Labute approximate surface area is 176 Å². The molecule has 0 radical (unpaired) electrons. The molecule has 0 spiro atoms. The van der Waals surface area contributed by atoms with E-state index < -0.39 is 6.09 Å². The average Bonchev–Trinajstić information content (AvgIpc) is 3.07. The quantitative estimate of drug-likeness (QED) is 0.593. The van der Waals surface area contributed by atoms with Crippen LogP contribution >= 0.6 is 12.6 Å². The van der Waals surface area contributed by atoms with Crippen molar-refractivity contribution in [1.82, 2.24) is 0 Å². The van der Waals surface area contributed by atoms with Gasteiger partial charge in [0.25, 0.3) is 0 Å². The Morgan fingerprint density at radius 3 is 2.24 bits per heavy atom. The second-order valence-corrected chi connectivity index (χ2v) is 7.80. The van der Waals surface area contributed by atoms with Crippen molar-refractivity contribution in [2.24, 2.45) is 5.73 Å². The molecule has 3 aromatic carbocycles. The molecule has 4 nitrogen and oxygen atoms in total. The van der Waals surface area contributed by atoms with Crippen LogP contribution in [-0.4, -0.2) is 19.7 Å². The zero-order valence-corrected chi connectivity index (χ0v) is 17.4. The van der Waals surface area contributed by atoms with Crippen LogP contribution < -0.4 is 10.6 Å². The summed E-state index contributed by atoms with van der Waals surface area (Å²) in [6.07, 6.45) is -0.397. The number of amides is 1. The van der Waals surface area contributed by atoms with Crippen molar-refractivity contribution in [3.8, 4) is 11.1 Å². The molecule has 0 heterocycles. The molecule has 0 saturated heterocycles. The minimum atomic E-state index is -0.397. The van der Waals surface area contributed by atoms with Gasteiger partial charge in [0, 0.05) is 30.1 Å². The third-order valence-corrected chi connectivity index (χ3v) is 6.15. The fourth-order valence-electron chi connectivity index (χ4n) is 3.94. The number of hydrogen-bond acceptors (Lipinski definition) is 4. The number of hydrogen-bond donors (Lipinski definition) is 2. The van der Waals surface area contributed by atoms with E-state index in [2.05, 4.69) is 36.9 Å². The Bertz CT molecular complexity index is 1030. The van der Waals surface area contributed by atoms with Crippen molar-refractivity contribution < 1.29 is 9.53 Å². The number of fused-ring (bicyclic) bond motifs is 3. The van der Waals surface area contributed by atoms with E-state index in [0.717, 1.165) is 21.7 Å². The van der Waals surface area contributed by atoms with Crippen LogP contribution in [0.15, 0.2) is 65.6 Å². The van der Waals surface area contributed by atoms with Gasteiger partial charge in [0.1, 0.15) is 6.61 Å². The minimum Gasteiger partial charge on any atom is -0.448 e. The Kier molecular flexibility index (Phi) is 5.35. The average molecular weight is 405 g/mol. The third-order valence-electron chi connectivity index (χ3n) is 5.69. The second kappa shape index (κ2) is 7.93. The molecular formula is C24H24N2O2S. The monoisotopic (exact) mass is 404 g/mol. The maximum atomic E-state index is 12.8. The Morgan fingerprint density at radius 2 is 1.66 bits per heavy atom. The lowest BCUT2D eigenvalue weighted by Crippen LogP contribution is -2.28. The maximum absolute atomic E-state index is 12.8. The molecule has 5 heteroatoms. The molecular weight excluding hydrogens is 380 g/mol. The zero-order valence-electron chi connectivity index (χ0n) is 16.6. The number of anilines is 1. The van der Waals surface area contributed by atoms with Crippen molar-refractivity contribution in [2.45, 2.75) is 24.3 Å². The summed E-state index contributed by atoms with van der Waals surface area (Å²) in [5, 5.41) is 0. The van der Waals surface area contributed by atoms with Crippen LogP contribution in [0.4, 0.5) is 10.5 Å². The molecule has 0 bridgehead atoms. The van der Waals surface area contributed by atoms with Crippen LogP contribution in [0.3, 0.4) is 0 Å². The fourth-order valence-corrected chi connectivity index (χ4v) is 4.22. The van der Waals surface area contributed by atoms with E-state index in [1.54, 1.807) is 7.05 Å². The van der Waals surface area contributed by atoms with Gasteiger partial charge in [-0.1, -0.05) is 48.5 Å². The highest BCUT2D eigenvalue weighted by molar-refractivity contribution is 7.80. The molecule has 0 saturated carbocycles. The molecule has 0 aliphatic heterocycles. The Morgan fingerprint density at radius 1 is 1.07 bits per heavy atom. The largest absolute Gasteiger partial charge is 0.448 e. The van der Waals surface area contributed by atoms with Crippen LogP contribution in [0.2, 0.25) is 0 Å². The van der Waals surface area contributed by atoms with E-state index in [0.29, 0.717) is 13.2 Å². The van der Waals surface area contributed by atoms with Crippen LogP contribution in [0.1, 0.15) is 28.2 Å². The van der Waals surface area contributed by atoms with Gasteiger partial charge >= 0.3 is 6.09 Å². The highest BCUT2D eigenvalue weighted by Gasteiger charge is 2.29. The summed E-state index contributed by atoms with van der Waals surface area (Å²) in [6, 6.07) is 20.4. The van der Waals surface area contributed by atoms with E-state index in [1.807, 2.05) is 43.3 Å². The van der Waals surface area contributed by atoms with Crippen LogP contribution in [0, 0.1) is 6.92 Å². The van der Waals surface area contributed by atoms with E-state index in [4.69, 9.17) is 10.5 Å². The smallest absolute Gasteiger partial charge is 0.414 e. The molecule has 4 rings (SSSR count). The van der Waals surface area contributed by atoms with Gasteiger partial charge in [-0.3, -0.25) is 4.90 Å². The minimum absolute atomic E-state index is 0.0396. The number of rotatable bonds is 4. The molecule has 1 aliphatic carbocycles. The van der Waals surface area contributed by atoms with E-state index in [9.17, 15) is 4.79 Å². The third kappa shape index (κ3) is 3.52. The lowest BCUT2D eigenvalue weighted by atomic mass is 9.98. The Balaban J connectivity index is 1.54. The molecule has 0 aromatic heterocycles. The molecule has 0 unspecified atom stereocenters. The fraction of sp³-hybridized carbons (Fsp3) is 0.208. The molecule has 2 N–H and O–H groups in total. The first kappa shape index (κ1) is 19.6. The topological polar surface area (TPSA) is 55.6 Å². The summed E-state index contributed by atoms with van der Waals surface area (Å²) < 4.78 is 5.73. The zero-order chi connectivity index (χ0) is 20.5. The summed E-state index contributed by atoms with van der Waals surface area (Å²) in [5.41, 5.74) is 13.4. The molecule has 29 heavy (non-hydrogen) atoms. The van der Waals surface area contributed by atoms with Gasteiger partial charge in [-0.25, -0.2) is 4.79 Å². The number of carbonyl (C=O) groups is 1. The van der Waals surface area contributed by atoms with E-state index in [-0.39, 0.29) is 5.92 Å². The molecule has 1 aliphatic rings. The van der Waals surface area contributed by atoms with Crippen molar-refractivity contribution in [3.05, 3.63) is 82.9 Å². The summed E-state index contributed by atoms with van der Waals surface area (Å²) in [5.74, 6) is 0.0396. The van der Waals surface area contributed by atoms with Gasteiger partial charge in [-0.2, -0.15) is 0 Å². The molecule has 3 aromatic rings. The lowest BCUT2D eigenvalue weighted by Gasteiger charge is -2.21. The van der Waals surface area contributed by atoms with Crippen molar-refractivity contribution in [1.29, 1.82) is 0 Å². The normalized spacial score (nSPS) is 12.4. The predicted octanol–water partition coefficient (Wildman–Crippen LogP) is 5.13. The number of benzene rings is 3. The predicted molar refractivity (Wildman–Crippen MR) is 120 cm³/mol. The van der Waals surface area contributed by atoms with Crippen molar-refractivity contribution in [3.63, 3.8) is 0 Å². The SMILES string of the molecule is Cc1c(S)cc(N(C)C(=O)OCC2c3ccccc3-c3ccccc32)cc1CN. The van der Waals surface area contributed by atoms with Gasteiger partial charge in [-0.05, 0) is 52.4 Å². The van der Waals surface area contributed by atoms with Crippen molar-refractivity contribution >= 4 is 24.4 Å². The first-order valence-electron chi connectivity index (χ1n) is 9.62. The standard InChI is InChI=1S/C24H24N2O2S/c1-15-16(13-25)11-17(12-23(15)29)26(2)24(27)28-14-22-20-9-5-3-7-18(20)19-8-4-6-10-21(19)22/h3-12,22,29H,13-14,25H2,1-2H3. The number of thiol groups is 1. The van der Waals surface area contributed by atoms with Gasteiger partial charge in [0.05, 0.1) is 0 Å².